The molecule has 0 aromatic carbocycles. The molecule has 0 unspecified atom stereocenters. The quantitative estimate of drug-likeness (QED) is 0.822. The Labute approximate surface area is 84.8 Å². The van der Waals surface area contributed by atoms with Gasteiger partial charge in [0.15, 0.2) is 5.76 Å². The van der Waals surface area contributed by atoms with Crippen molar-refractivity contribution in [2.24, 2.45) is 0 Å². The largest absolute Gasteiger partial charge is 0.360 e. The molecular formula is C8H11BrN2O2. The number of nitrogens with one attached hydrogen (secondary N) is 1. The van der Waals surface area contributed by atoms with Gasteiger partial charge in [0.25, 0.3) is 0 Å². The number of rotatable bonds is 3. The Morgan fingerprint density at radius 1 is 1.77 bits per heavy atom. The standard InChI is InChI=1S/C8H11BrN2O2/c1-8(2,9)7(12)10-5-6-3-4-11-13-6/h3-4H,5H2,1-2H3,(H,10,12). The van der Waals surface area contributed by atoms with E-state index in [4.69, 9.17) is 4.52 Å². The third-order valence-corrected chi connectivity index (χ3v) is 1.81. The van der Waals surface area contributed by atoms with Gasteiger partial charge < -0.3 is 9.84 Å². The van der Waals surface area contributed by atoms with Gasteiger partial charge in [-0.1, -0.05) is 21.1 Å². The van der Waals surface area contributed by atoms with Crippen molar-refractivity contribution in [2.45, 2.75) is 24.7 Å². The van der Waals surface area contributed by atoms with Crippen LogP contribution in [0.3, 0.4) is 0 Å². The van der Waals surface area contributed by atoms with Crippen molar-refractivity contribution in [3.63, 3.8) is 0 Å². The third kappa shape index (κ3) is 3.18. The van der Waals surface area contributed by atoms with Gasteiger partial charge in [0.1, 0.15) is 0 Å². The Kier molecular flexibility index (Phi) is 3.08. The summed E-state index contributed by atoms with van der Waals surface area (Å²) >= 11 is 3.25. The number of alkyl halides is 1. The van der Waals surface area contributed by atoms with E-state index in [0.717, 1.165) is 0 Å². The zero-order chi connectivity index (χ0) is 9.90. The fourth-order valence-electron chi connectivity index (χ4n) is 0.711. The molecule has 0 radical (unpaired) electrons. The minimum atomic E-state index is -0.549. The first-order valence-electron chi connectivity index (χ1n) is 3.87. The molecule has 1 amide bonds. The molecule has 0 fully saturated rings. The highest BCUT2D eigenvalue weighted by molar-refractivity contribution is 9.10. The van der Waals surface area contributed by atoms with E-state index in [2.05, 4.69) is 26.4 Å². The first kappa shape index (κ1) is 10.2. The van der Waals surface area contributed by atoms with Crippen molar-refractivity contribution >= 4 is 21.8 Å². The van der Waals surface area contributed by atoms with Crippen molar-refractivity contribution in [3.8, 4) is 0 Å². The van der Waals surface area contributed by atoms with Gasteiger partial charge in [0.05, 0.1) is 17.1 Å². The molecule has 0 aliphatic carbocycles. The maximum atomic E-state index is 11.3. The number of nitrogens with zero attached hydrogens (tertiary/aromatic N) is 1. The van der Waals surface area contributed by atoms with E-state index in [1.807, 2.05) is 0 Å². The summed E-state index contributed by atoms with van der Waals surface area (Å²) in [7, 11) is 0. The monoisotopic (exact) mass is 246 g/mol. The number of carbonyl (C=O) groups excluding carboxylic acids is 1. The van der Waals surface area contributed by atoms with Gasteiger partial charge in [0, 0.05) is 6.07 Å². The molecule has 1 rings (SSSR count). The van der Waals surface area contributed by atoms with E-state index in [9.17, 15) is 4.79 Å². The van der Waals surface area contributed by atoms with Crippen LogP contribution >= 0.6 is 15.9 Å². The lowest BCUT2D eigenvalue weighted by molar-refractivity contribution is -0.122. The summed E-state index contributed by atoms with van der Waals surface area (Å²) in [4.78, 5) is 11.3. The minimum absolute atomic E-state index is 0.0797. The predicted octanol–water partition coefficient (Wildman–Crippen LogP) is 1.46. The van der Waals surface area contributed by atoms with E-state index < -0.39 is 4.32 Å². The summed E-state index contributed by atoms with van der Waals surface area (Å²) in [5.74, 6) is 0.564. The maximum Gasteiger partial charge on any atom is 0.236 e. The molecule has 0 aliphatic heterocycles. The van der Waals surface area contributed by atoms with Crippen LogP contribution in [0.25, 0.3) is 0 Å². The van der Waals surface area contributed by atoms with Crippen LogP contribution in [0.4, 0.5) is 0 Å². The molecule has 1 aromatic rings. The zero-order valence-electron chi connectivity index (χ0n) is 7.50. The highest BCUT2D eigenvalue weighted by Crippen LogP contribution is 2.15. The maximum absolute atomic E-state index is 11.3. The average molecular weight is 247 g/mol. The highest BCUT2D eigenvalue weighted by atomic mass is 79.9. The van der Waals surface area contributed by atoms with Gasteiger partial charge in [-0.15, -0.1) is 0 Å². The van der Waals surface area contributed by atoms with Gasteiger partial charge in [-0.25, -0.2) is 0 Å². The van der Waals surface area contributed by atoms with E-state index in [1.165, 1.54) is 0 Å². The molecule has 13 heavy (non-hydrogen) atoms. The van der Waals surface area contributed by atoms with Crippen LogP contribution < -0.4 is 5.32 Å². The summed E-state index contributed by atoms with van der Waals surface area (Å²) in [6, 6.07) is 1.71. The lowest BCUT2D eigenvalue weighted by Crippen LogP contribution is -2.36. The molecular weight excluding hydrogens is 236 g/mol. The topological polar surface area (TPSA) is 55.1 Å². The molecule has 0 saturated heterocycles. The summed E-state index contributed by atoms with van der Waals surface area (Å²) in [6.07, 6.45) is 1.54. The third-order valence-electron chi connectivity index (χ3n) is 1.45. The van der Waals surface area contributed by atoms with Crippen molar-refractivity contribution < 1.29 is 9.32 Å². The molecule has 0 saturated carbocycles. The number of hydrogen-bond donors (Lipinski definition) is 1. The number of amides is 1. The van der Waals surface area contributed by atoms with Gasteiger partial charge in [-0.2, -0.15) is 0 Å². The molecule has 72 valence electrons. The Morgan fingerprint density at radius 2 is 2.46 bits per heavy atom. The van der Waals surface area contributed by atoms with Crippen LogP contribution in [0.5, 0.6) is 0 Å². The lowest BCUT2D eigenvalue weighted by atomic mass is 10.2. The first-order valence-corrected chi connectivity index (χ1v) is 4.66. The number of hydrogen-bond acceptors (Lipinski definition) is 3. The van der Waals surface area contributed by atoms with Crippen LogP contribution in [-0.2, 0) is 11.3 Å². The number of carbonyl (C=O) groups is 1. The minimum Gasteiger partial charge on any atom is -0.360 e. The van der Waals surface area contributed by atoms with Gasteiger partial charge in [-0.3, -0.25) is 4.79 Å². The summed E-state index contributed by atoms with van der Waals surface area (Å²) < 4.78 is 4.27. The van der Waals surface area contributed by atoms with Gasteiger partial charge in [-0.05, 0) is 13.8 Å². The Bertz CT molecular complexity index is 277. The molecule has 1 heterocycles. The smallest absolute Gasteiger partial charge is 0.236 e. The van der Waals surface area contributed by atoms with Gasteiger partial charge in [0.2, 0.25) is 5.91 Å². The van der Waals surface area contributed by atoms with E-state index in [0.29, 0.717) is 12.3 Å². The van der Waals surface area contributed by atoms with Crippen molar-refractivity contribution in [1.82, 2.24) is 10.5 Å². The van der Waals surface area contributed by atoms with Crippen LogP contribution in [0, 0.1) is 0 Å². The molecule has 4 nitrogen and oxygen atoms in total. The molecule has 0 aliphatic rings. The molecule has 0 spiro atoms. The van der Waals surface area contributed by atoms with E-state index >= 15 is 0 Å². The summed E-state index contributed by atoms with van der Waals surface area (Å²) in [6.45, 7) is 3.93. The van der Waals surface area contributed by atoms with Crippen LogP contribution in [-0.4, -0.2) is 15.4 Å². The SMILES string of the molecule is CC(C)(Br)C(=O)NCc1ccno1. The number of aromatic nitrogens is 1. The molecule has 0 atom stereocenters. The van der Waals surface area contributed by atoms with Crippen molar-refractivity contribution in [2.75, 3.05) is 0 Å². The fourth-order valence-corrected chi connectivity index (χ4v) is 0.851. The van der Waals surface area contributed by atoms with E-state index in [-0.39, 0.29) is 5.91 Å². The average Bonchev–Trinajstić information content (AvgIpc) is 2.50. The van der Waals surface area contributed by atoms with Gasteiger partial charge >= 0.3 is 0 Å². The fraction of sp³-hybridized carbons (Fsp3) is 0.500. The second-order valence-corrected chi connectivity index (χ2v) is 5.12. The van der Waals surface area contributed by atoms with Crippen LogP contribution in [0.2, 0.25) is 0 Å². The molecule has 0 bridgehead atoms. The first-order chi connectivity index (χ1) is 6.00. The Hall–Kier alpha value is -0.840. The normalized spacial score (nSPS) is 11.3. The summed E-state index contributed by atoms with van der Waals surface area (Å²) in [5, 5.41) is 6.23. The zero-order valence-corrected chi connectivity index (χ0v) is 9.09. The molecule has 5 heteroatoms. The van der Waals surface area contributed by atoms with Crippen molar-refractivity contribution in [3.05, 3.63) is 18.0 Å². The highest BCUT2D eigenvalue weighted by Gasteiger charge is 2.23. The van der Waals surface area contributed by atoms with Crippen LogP contribution in [0.15, 0.2) is 16.8 Å². The Morgan fingerprint density at radius 3 is 2.92 bits per heavy atom. The summed E-state index contributed by atoms with van der Waals surface area (Å²) in [5.41, 5.74) is 0. The van der Waals surface area contributed by atoms with E-state index in [1.54, 1.807) is 26.1 Å². The second-order valence-electron chi connectivity index (χ2n) is 3.13. The van der Waals surface area contributed by atoms with Crippen LogP contribution in [0.1, 0.15) is 19.6 Å². The lowest BCUT2D eigenvalue weighted by Gasteiger charge is -2.14. The Balaban J connectivity index is 2.40. The molecule has 1 N–H and O–H groups in total. The second kappa shape index (κ2) is 3.91. The van der Waals surface area contributed by atoms with Crippen molar-refractivity contribution in [1.29, 1.82) is 0 Å². The predicted molar refractivity (Wildman–Crippen MR) is 51.4 cm³/mol. The number of halogens is 1. The molecule has 1 aromatic heterocycles.